The molecule has 1 aliphatic heterocycles. The third-order valence-corrected chi connectivity index (χ3v) is 4.31. The Morgan fingerprint density at radius 3 is 2.64 bits per heavy atom. The van der Waals surface area contributed by atoms with E-state index in [9.17, 15) is 14.7 Å². The van der Waals surface area contributed by atoms with Crippen LogP contribution in [0.4, 0.5) is 0 Å². The minimum absolute atomic E-state index is 0.0521. The molecule has 1 atom stereocenters. The van der Waals surface area contributed by atoms with Crippen LogP contribution in [0.25, 0.3) is 0 Å². The highest BCUT2D eigenvalue weighted by atomic mass is 79.9. The number of likely N-dealkylation sites (tertiary alicyclic amines) is 1. The van der Waals surface area contributed by atoms with E-state index in [2.05, 4.69) is 15.9 Å². The second-order valence-electron chi connectivity index (χ2n) is 6.15. The monoisotopic (exact) mass is 369 g/mol. The first-order valence-electron chi connectivity index (χ1n) is 7.22. The van der Waals surface area contributed by atoms with Gasteiger partial charge in [0.05, 0.1) is 17.1 Å². The van der Waals surface area contributed by atoms with Gasteiger partial charge in [0, 0.05) is 17.6 Å². The van der Waals surface area contributed by atoms with Gasteiger partial charge in [0.25, 0.3) is 5.91 Å². The van der Waals surface area contributed by atoms with E-state index in [1.807, 2.05) is 13.8 Å². The quantitative estimate of drug-likeness (QED) is 0.884. The molecule has 0 aliphatic carbocycles. The Morgan fingerprint density at radius 2 is 2.09 bits per heavy atom. The second-order valence-corrected chi connectivity index (χ2v) is 7.07. The summed E-state index contributed by atoms with van der Waals surface area (Å²) in [4.78, 5) is 25.6. The van der Waals surface area contributed by atoms with Crippen LogP contribution in [0.15, 0.2) is 22.7 Å². The number of aliphatic carboxylic acids is 1. The van der Waals surface area contributed by atoms with Crippen molar-refractivity contribution in [3.8, 4) is 5.75 Å². The highest BCUT2D eigenvalue weighted by molar-refractivity contribution is 9.10. The molecule has 1 N–H and O–H groups in total. The number of carboxylic acids is 1. The van der Waals surface area contributed by atoms with Crippen molar-refractivity contribution in [2.75, 3.05) is 13.1 Å². The van der Waals surface area contributed by atoms with Gasteiger partial charge in [-0.05, 0) is 45.4 Å². The molecule has 1 amide bonds. The molecule has 120 valence electrons. The first kappa shape index (κ1) is 16.8. The van der Waals surface area contributed by atoms with Gasteiger partial charge in [0.15, 0.2) is 0 Å². The van der Waals surface area contributed by atoms with E-state index < -0.39 is 11.4 Å². The molecule has 22 heavy (non-hydrogen) atoms. The molecule has 0 aromatic heterocycles. The number of nitrogens with zero attached hydrogens (tertiary/aromatic N) is 1. The van der Waals surface area contributed by atoms with Crippen LogP contribution in [-0.2, 0) is 4.79 Å². The number of halogens is 1. The lowest BCUT2D eigenvalue weighted by Gasteiger charge is -2.22. The third-order valence-electron chi connectivity index (χ3n) is 3.81. The van der Waals surface area contributed by atoms with E-state index in [0.717, 1.165) is 4.47 Å². The molecule has 1 saturated heterocycles. The van der Waals surface area contributed by atoms with Crippen LogP contribution in [0.2, 0.25) is 0 Å². The molecule has 1 aromatic carbocycles. The van der Waals surface area contributed by atoms with Gasteiger partial charge in [0.1, 0.15) is 5.75 Å². The first-order valence-corrected chi connectivity index (χ1v) is 8.01. The van der Waals surface area contributed by atoms with Crippen molar-refractivity contribution in [3.05, 3.63) is 28.2 Å². The summed E-state index contributed by atoms with van der Waals surface area (Å²) in [5.74, 6) is -0.538. The van der Waals surface area contributed by atoms with Crippen LogP contribution in [0, 0.1) is 5.41 Å². The van der Waals surface area contributed by atoms with Crippen LogP contribution in [0.5, 0.6) is 5.75 Å². The first-order chi connectivity index (χ1) is 10.2. The van der Waals surface area contributed by atoms with Gasteiger partial charge in [-0.3, -0.25) is 9.59 Å². The van der Waals surface area contributed by atoms with E-state index in [0.29, 0.717) is 24.3 Å². The van der Waals surface area contributed by atoms with Crippen molar-refractivity contribution in [2.24, 2.45) is 5.41 Å². The Hall–Kier alpha value is -1.56. The molecule has 1 aromatic rings. The van der Waals surface area contributed by atoms with Gasteiger partial charge >= 0.3 is 5.97 Å². The molecule has 1 fully saturated rings. The minimum atomic E-state index is -0.871. The molecular formula is C16H20BrNO4. The minimum Gasteiger partial charge on any atom is -0.490 e. The zero-order valence-electron chi connectivity index (χ0n) is 12.9. The summed E-state index contributed by atoms with van der Waals surface area (Å²) in [6.45, 7) is 6.13. The lowest BCUT2D eigenvalue weighted by Crippen LogP contribution is -2.35. The van der Waals surface area contributed by atoms with Gasteiger partial charge in [0.2, 0.25) is 0 Å². The fraction of sp³-hybridized carbons (Fsp3) is 0.500. The Morgan fingerprint density at radius 1 is 1.41 bits per heavy atom. The SMILES string of the molecule is CC(C)Oc1cc(Br)ccc1C(=O)N1CCC(C)(C(=O)O)C1. The van der Waals surface area contributed by atoms with Gasteiger partial charge in [-0.1, -0.05) is 15.9 Å². The van der Waals surface area contributed by atoms with E-state index in [4.69, 9.17) is 4.74 Å². The maximum Gasteiger partial charge on any atom is 0.311 e. The molecule has 1 unspecified atom stereocenters. The summed E-state index contributed by atoms with van der Waals surface area (Å²) in [5.41, 5.74) is -0.407. The average Bonchev–Trinajstić information content (AvgIpc) is 2.82. The van der Waals surface area contributed by atoms with Gasteiger partial charge < -0.3 is 14.7 Å². The third kappa shape index (κ3) is 3.43. The standard InChI is InChI=1S/C16H20BrNO4/c1-10(2)22-13-8-11(17)4-5-12(13)14(19)18-7-6-16(3,9-18)15(20)21/h4-5,8,10H,6-7,9H2,1-3H3,(H,20,21). The van der Waals surface area contributed by atoms with Crippen molar-refractivity contribution in [1.29, 1.82) is 0 Å². The largest absolute Gasteiger partial charge is 0.490 e. The van der Waals surface area contributed by atoms with Crippen molar-refractivity contribution in [2.45, 2.75) is 33.3 Å². The smallest absolute Gasteiger partial charge is 0.311 e. The van der Waals surface area contributed by atoms with Gasteiger partial charge in [-0.2, -0.15) is 0 Å². The van der Waals surface area contributed by atoms with Gasteiger partial charge in [-0.25, -0.2) is 0 Å². The number of ether oxygens (including phenoxy) is 1. The Kier molecular flexibility index (Phi) is 4.80. The Bertz CT molecular complexity index is 602. The zero-order chi connectivity index (χ0) is 16.5. The summed E-state index contributed by atoms with van der Waals surface area (Å²) < 4.78 is 6.54. The number of carboxylic acid groups (broad SMARTS) is 1. The zero-order valence-corrected chi connectivity index (χ0v) is 14.5. The highest BCUT2D eigenvalue weighted by Crippen LogP contribution is 2.33. The lowest BCUT2D eigenvalue weighted by atomic mass is 9.90. The number of hydrogen-bond acceptors (Lipinski definition) is 3. The van der Waals surface area contributed by atoms with Crippen molar-refractivity contribution >= 4 is 27.8 Å². The molecule has 1 aliphatic rings. The van der Waals surface area contributed by atoms with Crippen molar-refractivity contribution < 1.29 is 19.4 Å². The second kappa shape index (κ2) is 6.28. The Labute approximate surface area is 138 Å². The summed E-state index contributed by atoms with van der Waals surface area (Å²) >= 11 is 3.37. The Balaban J connectivity index is 2.25. The summed E-state index contributed by atoms with van der Waals surface area (Å²) in [5, 5.41) is 9.28. The predicted molar refractivity (Wildman–Crippen MR) is 86.2 cm³/mol. The van der Waals surface area contributed by atoms with Crippen LogP contribution < -0.4 is 4.74 Å². The summed E-state index contributed by atoms with van der Waals surface area (Å²) in [6.07, 6.45) is 0.411. The van der Waals surface area contributed by atoms with Crippen LogP contribution in [0.1, 0.15) is 37.6 Å². The molecule has 0 spiro atoms. The van der Waals surface area contributed by atoms with Crippen LogP contribution >= 0.6 is 15.9 Å². The van der Waals surface area contributed by atoms with E-state index in [-0.39, 0.29) is 18.6 Å². The van der Waals surface area contributed by atoms with Gasteiger partial charge in [-0.15, -0.1) is 0 Å². The topological polar surface area (TPSA) is 66.8 Å². The number of amides is 1. The highest BCUT2D eigenvalue weighted by Gasteiger charge is 2.42. The molecule has 6 heteroatoms. The normalized spacial score (nSPS) is 21.2. The molecule has 0 radical (unpaired) electrons. The molecule has 0 bridgehead atoms. The average molecular weight is 370 g/mol. The molecule has 5 nitrogen and oxygen atoms in total. The number of benzene rings is 1. The molecular weight excluding hydrogens is 350 g/mol. The van der Waals surface area contributed by atoms with E-state index in [1.54, 1.807) is 30.0 Å². The lowest BCUT2D eigenvalue weighted by molar-refractivity contribution is -0.147. The molecule has 1 heterocycles. The number of rotatable bonds is 4. The van der Waals surface area contributed by atoms with Crippen molar-refractivity contribution in [3.63, 3.8) is 0 Å². The molecule has 0 saturated carbocycles. The van der Waals surface area contributed by atoms with E-state index in [1.165, 1.54) is 0 Å². The number of hydrogen-bond donors (Lipinski definition) is 1. The number of carbonyl (C=O) groups is 2. The predicted octanol–water partition coefficient (Wildman–Crippen LogP) is 3.17. The van der Waals surface area contributed by atoms with Crippen LogP contribution in [-0.4, -0.2) is 41.1 Å². The van der Waals surface area contributed by atoms with E-state index >= 15 is 0 Å². The summed E-state index contributed by atoms with van der Waals surface area (Å²) in [6, 6.07) is 5.26. The van der Waals surface area contributed by atoms with Crippen LogP contribution in [0.3, 0.4) is 0 Å². The fourth-order valence-corrected chi connectivity index (χ4v) is 2.84. The maximum absolute atomic E-state index is 12.7. The van der Waals surface area contributed by atoms with Crippen molar-refractivity contribution in [1.82, 2.24) is 4.90 Å². The number of carbonyl (C=O) groups excluding carboxylic acids is 1. The maximum atomic E-state index is 12.7. The summed E-state index contributed by atoms with van der Waals surface area (Å²) in [7, 11) is 0. The fourth-order valence-electron chi connectivity index (χ4n) is 2.50. The molecule has 2 rings (SSSR count).